The van der Waals surface area contributed by atoms with Crippen LogP contribution in [0.15, 0.2) is 53.3 Å². The molecule has 3 rings (SSSR count). The maximum absolute atomic E-state index is 13.6. The quantitative estimate of drug-likeness (QED) is 0.744. The van der Waals surface area contributed by atoms with Crippen molar-refractivity contribution < 1.29 is 9.50 Å². The van der Waals surface area contributed by atoms with E-state index in [9.17, 15) is 14.3 Å². The first-order valence-electron chi connectivity index (χ1n) is 8.21. The van der Waals surface area contributed by atoms with Crippen molar-refractivity contribution in [2.24, 2.45) is 0 Å². The largest absolute Gasteiger partial charge is 0.396 e. The molecule has 0 radical (unpaired) electrons. The second-order valence-electron chi connectivity index (χ2n) is 6.00. The number of hydrogen-bond acceptors (Lipinski definition) is 3. The van der Waals surface area contributed by atoms with Gasteiger partial charge < -0.3 is 5.11 Å². The number of halogens is 2. The molecule has 0 saturated heterocycles. The predicted molar refractivity (Wildman–Crippen MR) is 100.0 cm³/mol. The number of nitrogens with zero attached hydrogens (tertiary/aromatic N) is 2. The number of hydrogen-bond donors (Lipinski definition) is 1. The Hall–Kier alpha value is -2.50. The van der Waals surface area contributed by atoms with Gasteiger partial charge in [0.1, 0.15) is 11.6 Å². The van der Waals surface area contributed by atoms with Crippen LogP contribution in [0, 0.1) is 12.7 Å². The third kappa shape index (κ3) is 3.84. The second-order valence-corrected chi connectivity index (χ2v) is 6.44. The van der Waals surface area contributed by atoms with Gasteiger partial charge in [0.25, 0.3) is 5.56 Å². The molecule has 26 heavy (non-hydrogen) atoms. The lowest BCUT2D eigenvalue weighted by Crippen LogP contribution is -2.29. The topological polar surface area (TPSA) is 55.1 Å². The summed E-state index contributed by atoms with van der Waals surface area (Å²) in [7, 11) is 0. The van der Waals surface area contributed by atoms with E-state index in [1.807, 2.05) is 6.07 Å². The molecule has 1 N–H and O–H groups in total. The van der Waals surface area contributed by atoms with Crippen molar-refractivity contribution in [3.05, 3.63) is 86.5 Å². The third-order valence-corrected chi connectivity index (χ3v) is 4.38. The van der Waals surface area contributed by atoms with Crippen LogP contribution in [-0.4, -0.2) is 21.3 Å². The SMILES string of the molecule is Cc1nc(-c2cccc(Cl)c2)n(Cc2cccc(F)c2)c(=O)c1CCO. The summed E-state index contributed by atoms with van der Waals surface area (Å²) < 4.78 is 15.1. The van der Waals surface area contributed by atoms with Crippen molar-refractivity contribution in [1.29, 1.82) is 0 Å². The highest BCUT2D eigenvalue weighted by Gasteiger charge is 2.16. The van der Waals surface area contributed by atoms with Gasteiger partial charge in [0.05, 0.1) is 6.54 Å². The van der Waals surface area contributed by atoms with Crippen LogP contribution in [0.3, 0.4) is 0 Å². The predicted octanol–water partition coefficient (Wildman–Crippen LogP) is 3.59. The lowest BCUT2D eigenvalue weighted by Gasteiger charge is -2.16. The number of rotatable bonds is 5. The molecule has 0 aliphatic rings. The molecule has 0 fully saturated rings. The smallest absolute Gasteiger partial charge is 0.257 e. The minimum atomic E-state index is -0.365. The Kier molecular flexibility index (Phi) is 5.49. The highest BCUT2D eigenvalue weighted by atomic mass is 35.5. The minimum Gasteiger partial charge on any atom is -0.396 e. The zero-order valence-corrected chi connectivity index (χ0v) is 15.0. The number of benzene rings is 2. The summed E-state index contributed by atoms with van der Waals surface area (Å²) in [5.41, 5.74) is 2.12. The summed E-state index contributed by atoms with van der Waals surface area (Å²) >= 11 is 6.09. The molecular formula is C20H18ClFN2O2. The Balaban J connectivity index is 2.21. The zero-order valence-electron chi connectivity index (χ0n) is 14.2. The standard InChI is InChI=1S/C20H18ClFN2O2/c1-13-18(8-9-25)20(26)24(12-14-4-2-7-17(22)10-14)19(23-13)15-5-3-6-16(21)11-15/h2-7,10-11,25H,8-9,12H2,1H3. The fraction of sp³-hybridized carbons (Fsp3) is 0.200. The van der Waals surface area contributed by atoms with Crippen molar-refractivity contribution in [2.45, 2.75) is 19.9 Å². The van der Waals surface area contributed by atoms with Gasteiger partial charge in [0, 0.05) is 34.9 Å². The van der Waals surface area contributed by atoms with E-state index in [1.165, 1.54) is 16.7 Å². The average Bonchev–Trinajstić information content (AvgIpc) is 2.61. The van der Waals surface area contributed by atoms with Crippen molar-refractivity contribution >= 4 is 11.6 Å². The molecule has 2 aromatic carbocycles. The van der Waals surface area contributed by atoms with Gasteiger partial charge in [-0.15, -0.1) is 0 Å². The Morgan fingerprint density at radius 3 is 2.65 bits per heavy atom. The Labute approximate surface area is 155 Å². The summed E-state index contributed by atoms with van der Waals surface area (Å²) in [5.74, 6) is 0.0939. The monoisotopic (exact) mass is 372 g/mol. The maximum atomic E-state index is 13.6. The van der Waals surface area contributed by atoms with Crippen molar-refractivity contribution in [3.8, 4) is 11.4 Å². The maximum Gasteiger partial charge on any atom is 0.257 e. The number of aryl methyl sites for hydroxylation is 1. The highest BCUT2D eigenvalue weighted by Crippen LogP contribution is 2.22. The number of aliphatic hydroxyl groups excluding tert-OH is 1. The average molecular weight is 373 g/mol. The van der Waals surface area contributed by atoms with Gasteiger partial charge in [-0.25, -0.2) is 9.37 Å². The molecule has 134 valence electrons. The molecule has 1 heterocycles. The van der Waals surface area contributed by atoms with E-state index in [-0.39, 0.29) is 30.9 Å². The van der Waals surface area contributed by atoms with Gasteiger partial charge in [-0.1, -0.05) is 35.9 Å². The van der Waals surface area contributed by atoms with Crippen LogP contribution in [0.1, 0.15) is 16.8 Å². The van der Waals surface area contributed by atoms with Crippen LogP contribution in [0.5, 0.6) is 0 Å². The molecule has 0 amide bonds. The van der Waals surface area contributed by atoms with Gasteiger partial charge in [-0.05, 0) is 36.8 Å². The van der Waals surface area contributed by atoms with Crippen molar-refractivity contribution in [2.75, 3.05) is 6.61 Å². The Bertz CT molecular complexity index is 1000. The van der Waals surface area contributed by atoms with Gasteiger partial charge in [0.2, 0.25) is 0 Å². The summed E-state index contributed by atoms with van der Waals surface area (Å²) in [6.07, 6.45) is 0.219. The van der Waals surface area contributed by atoms with Crippen LogP contribution in [0.25, 0.3) is 11.4 Å². The summed E-state index contributed by atoms with van der Waals surface area (Å²) in [6.45, 7) is 1.77. The first kappa shape index (κ1) is 18.3. The fourth-order valence-electron chi connectivity index (χ4n) is 2.91. The van der Waals surface area contributed by atoms with Gasteiger partial charge in [-0.2, -0.15) is 0 Å². The molecule has 6 heteroatoms. The van der Waals surface area contributed by atoms with Crippen molar-refractivity contribution in [3.63, 3.8) is 0 Å². The summed E-state index contributed by atoms with van der Waals surface area (Å²) in [4.78, 5) is 17.6. The number of aliphatic hydroxyl groups is 1. The molecule has 4 nitrogen and oxygen atoms in total. The second kappa shape index (κ2) is 7.81. The molecule has 0 aliphatic heterocycles. The molecule has 1 aromatic heterocycles. The lowest BCUT2D eigenvalue weighted by atomic mass is 10.1. The molecule has 3 aromatic rings. The van der Waals surface area contributed by atoms with Crippen LogP contribution in [-0.2, 0) is 13.0 Å². The van der Waals surface area contributed by atoms with E-state index in [0.29, 0.717) is 33.2 Å². The van der Waals surface area contributed by atoms with Crippen LogP contribution in [0.2, 0.25) is 5.02 Å². The minimum absolute atomic E-state index is 0.145. The molecular weight excluding hydrogens is 355 g/mol. The highest BCUT2D eigenvalue weighted by molar-refractivity contribution is 6.30. The van der Waals surface area contributed by atoms with Gasteiger partial charge >= 0.3 is 0 Å². The van der Waals surface area contributed by atoms with E-state index in [1.54, 1.807) is 37.3 Å². The summed E-state index contributed by atoms with van der Waals surface area (Å²) in [5, 5.41) is 9.80. The molecule has 0 bridgehead atoms. The molecule has 0 atom stereocenters. The zero-order chi connectivity index (χ0) is 18.7. The fourth-order valence-corrected chi connectivity index (χ4v) is 3.10. The van der Waals surface area contributed by atoms with Crippen LogP contribution >= 0.6 is 11.6 Å². The van der Waals surface area contributed by atoms with E-state index < -0.39 is 0 Å². The summed E-state index contributed by atoms with van der Waals surface area (Å²) in [6, 6.07) is 13.2. The molecule has 0 unspecified atom stereocenters. The third-order valence-electron chi connectivity index (χ3n) is 4.14. The van der Waals surface area contributed by atoms with Gasteiger partial charge in [-0.3, -0.25) is 9.36 Å². The van der Waals surface area contributed by atoms with Crippen LogP contribution < -0.4 is 5.56 Å². The van der Waals surface area contributed by atoms with E-state index in [0.717, 1.165) is 0 Å². The van der Waals surface area contributed by atoms with Crippen LogP contribution in [0.4, 0.5) is 4.39 Å². The van der Waals surface area contributed by atoms with E-state index in [2.05, 4.69) is 4.98 Å². The normalized spacial score (nSPS) is 10.9. The van der Waals surface area contributed by atoms with Crippen molar-refractivity contribution in [1.82, 2.24) is 9.55 Å². The Morgan fingerprint density at radius 2 is 1.96 bits per heavy atom. The Morgan fingerprint density at radius 1 is 1.19 bits per heavy atom. The number of aromatic nitrogens is 2. The van der Waals surface area contributed by atoms with E-state index >= 15 is 0 Å². The van der Waals surface area contributed by atoms with E-state index in [4.69, 9.17) is 11.6 Å². The van der Waals surface area contributed by atoms with Gasteiger partial charge in [0.15, 0.2) is 0 Å². The first-order chi connectivity index (χ1) is 12.5. The molecule has 0 aliphatic carbocycles. The molecule has 0 spiro atoms. The lowest BCUT2D eigenvalue weighted by molar-refractivity contribution is 0.298. The molecule has 0 saturated carbocycles. The first-order valence-corrected chi connectivity index (χ1v) is 8.59.